The Hall–Kier alpha value is -3.70. The molecule has 1 fully saturated rings. The Bertz CT molecular complexity index is 1210. The highest BCUT2D eigenvalue weighted by Crippen LogP contribution is 2.29. The van der Waals surface area contributed by atoms with Crippen LogP contribution in [0.25, 0.3) is 16.7 Å². The van der Waals surface area contributed by atoms with Crippen molar-refractivity contribution in [3.05, 3.63) is 70.4 Å². The van der Waals surface area contributed by atoms with Crippen molar-refractivity contribution < 1.29 is 13.9 Å². The normalized spacial score (nSPS) is 17.1. The second-order valence-corrected chi connectivity index (χ2v) is 8.47. The SMILES string of the molecule is C=C/C(C#N)=C(F)\C=C(/C)c1nc(OCC2CCCNCC2)n(C)c(=O)c1-c1ccc(OC)cc1. The van der Waals surface area contributed by atoms with Crippen LogP contribution < -0.4 is 20.3 Å². The van der Waals surface area contributed by atoms with Crippen LogP contribution in [0, 0.1) is 17.2 Å². The van der Waals surface area contributed by atoms with Crippen molar-refractivity contribution in [1.29, 1.82) is 5.26 Å². The summed E-state index contributed by atoms with van der Waals surface area (Å²) in [7, 11) is 3.17. The summed E-state index contributed by atoms with van der Waals surface area (Å²) in [5.74, 6) is 0.245. The first-order chi connectivity index (χ1) is 16.9. The molecule has 1 atom stereocenters. The molecule has 0 bridgehead atoms. The third-order valence-electron chi connectivity index (χ3n) is 6.07. The van der Waals surface area contributed by atoms with E-state index >= 15 is 0 Å². The summed E-state index contributed by atoms with van der Waals surface area (Å²) in [4.78, 5) is 18.2. The number of aromatic nitrogens is 2. The van der Waals surface area contributed by atoms with Crippen LogP contribution in [0.1, 0.15) is 31.9 Å². The zero-order valence-corrected chi connectivity index (χ0v) is 20.4. The van der Waals surface area contributed by atoms with Crippen LogP contribution in [-0.2, 0) is 7.05 Å². The van der Waals surface area contributed by atoms with Crippen LogP contribution >= 0.6 is 0 Å². The number of allylic oxidation sites excluding steroid dienone is 5. The third kappa shape index (κ3) is 6.25. The number of ether oxygens (including phenoxy) is 2. The fourth-order valence-corrected chi connectivity index (χ4v) is 4.00. The van der Waals surface area contributed by atoms with E-state index in [-0.39, 0.29) is 22.8 Å². The monoisotopic (exact) mass is 478 g/mol. The number of hydrogen-bond donors (Lipinski definition) is 1. The van der Waals surface area contributed by atoms with Crippen LogP contribution in [-0.4, -0.2) is 36.4 Å². The van der Waals surface area contributed by atoms with E-state index in [1.165, 1.54) is 10.6 Å². The quantitative estimate of drug-likeness (QED) is 0.442. The number of nitrogens with zero attached hydrogens (tertiary/aromatic N) is 3. The zero-order valence-electron chi connectivity index (χ0n) is 20.4. The number of rotatable bonds is 8. The Kier molecular flexibility index (Phi) is 8.98. The van der Waals surface area contributed by atoms with Gasteiger partial charge in [-0.05, 0) is 80.6 Å². The van der Waals surface area contributed by atoms with Crippen molar-refractivity contribution in [2.45, 2.75) is 26.2 Å². The number of halogens is 1. The van der Waals surface area contributed by atoms with Gasteiger partial charge in [0, 0.05) is 7.05 Å². The minimum Gasteiger partial charge on any atom is -0.497 e. The molecular weight excluding hydrogens is 447 g/mol. The molecule has 184 valence electrons. The van der Waals surface area contributed by atoms with Crippen molar-refractivity contribution in [3.63, 3.8) is 0 Å². The molecule has 35 heavy (non-hydrogen) atoms. The predicted molar refractivity (Wildman–Crippen MR) is 135 cm³/mol. The molecule has 1 saturated heterocycles. The molecule has 3 rings (SSSR count). The highest BCUT2D eigenvalue weighted by molar-refractivity contribution is 5.79. The Labute approximate surface area is 205 Å². The van der Waals surface area contributed by atoms with E-state index in [2.05, 4.69) is 16.9 Å². The minimum atomic E-state index is -0.753. The summed E-state index contributed by atoms with van der Waals surface area (Å²) in [5, 5.41) is 12.5. The van der Waals surface area contributed by atoms with Gasteiger partial charge in [0.2, 0.25) is 0 Å². The Morgan fingerprint density at radius 2 is 2.09 bits per heavy atom. The van der Waals surface area contributed by atoms with Crippen molar-refractivity contribution in [2.24, 2.45) is 13.0 Å². The molecule has 2 heterocycles. The maximum Gasteiger partial charge on any atom is 0.299 e. The van der Waals surface area contributed by atoms with Gasteiger partial charge in [0.1, 0.15) is 17.6 Å². The lowest BCUT2D eigenvalue weighted by molar-refractivity contribution is 0.211. The van der Waals surface area contributed by atoms with Crippen LogP contribution in [0.4, 0.5) is 4.39 Å². The van der Waals surface area contributed by atoms with E-state index in [0.717, 1.165) is 38.4 Å². The highest BCUT2D eigenvalue weighted by Gasteiger charge is 2.21. The van der Waals surface area contributed by atoms with E-state index in [4.69, 9.17) is 14.7 Å². The number of benzene rings is 1. The lowest BCUT2D eigenvalue weighted by atomic mass is 10.00. The molecule has 0 amide bonds. The molecule has 1 N–H and O–H groups in total. The van der Waals surface area contributed by atoms with Gasteiger partial charge < -0.3 is 14.8 Å². The lowest BCUT2D eigenvalue weighted by Gasteiger charge is -2.18. The highest BCUT2D eigenvalue weighted by atomic mass is 19.1. The van der Waals surface area contributed by atoms with Crippen molar-refractivity contribution >= 4 is 5.57 Å². The van der Waals surface area contributed by atoms with E-state index in [9.17, 15) is 9.18 Å². The molecular formula is C27H31FN4O3. The standard InChI is InChI=1S/C27H31FN4O3/c1-5-20(16-29)23(28)15-18(2)25-24(21-8-10-22(34-4)11-9-21)26(33)32(3)27(31-25)35-17-19-7-6-13-30-14-12-19/h5,8-11,15,19,30H,1,6-7,12-14,17H2,2-4H3/b18-15+,23-20-. The fraction of sp³-hybridized carbons (Fsp3) is 0.370. The molecule has 8 heteroatoms. The van der Waals surface area contributed by atoms with E-state index in [0.29, 0.717) is 35.0 Å². The summed E-state index contributed by atoms with van der Waals surface area (Å²) < 4.78 is 27.3. The smallest absolute Gasteiger partial charge is 0.299 e. The van der Waals surface area contributed by atoms with Gasteiger partial charge in [-0.15, -0.1) is 0 Å². The van der Waals surface area contributed by atoms with Crippen molar-refractivity contribution in [3.8, 4) is 29.0 Å². The van der Waals surface area contributed by atoms with E-state index in [1.54, 1.807) is 51.4 Å². The van der Waals surface area contributed by atoms with Crippen LogP contribution in [0.5, 0.6) is 11.8 Å². The average molecular weight is 479 g/mol. The van der Waals surface area contributed by atoms with Gasteiger partial charge in [-0.1, -0.05) is 18.7 Å². The number of nitrogens with one attached hydrogen (secondary N) is 1. The van der Waals surface area contributed by atoms with Crippen LogP contribution in [0.15, 0.2) is 59.2 Å². The first-order valence-corrected chi connectivity index (χ1v) is 11.6. The molecule has 0 spiro atoms. The summed E-state index contributed by atoms with van der Waals surface area (Å²) in [6.07, 6.45) is 5.43. The molecule has 2 aromatic rings. The second kappa shape index (κ2) is 12.1. The largest absolute Gasteiger partial charge is 0.497 e. The Morgan fingerprint density at radius 1 is 1.34 bits per heavy atom. The van der Waals surface area contributed by atoms with Gasteiger partial charge in [0.25, 0.3) is 11.6 Å². The third-order valence-corrected chi connectivity index (χ3v) is 6.07. The molecule has 1 aromatic carbocycles. The van der Waals surface area contributed by atoms with Gasteiger partial charge in [-0.25, -0.2) is 4.39 Å². The molecule has 1 aliphatic rings. The number of methoxy groups -OCH3 is 1. The van der Waals surface area contributed by atoms with Gasteiger partial charge >= 0.3 is 0 Å². The summed E-state index contributed by atoms with van der Waals surface area (Å²) >= 11 is 0. The predicted octanol–water partition coefficient (Wildman–Crippen LogP) is 4.56. The van der Waals surface area contributed by atoms with Gasteiger partial charge in [-0.2, -0.15) is 10.2 Å². The summed E-state index contributed by atoms with van der Waals surface area (Å²) in [5.41, 5.74) is 1.06. The molecule has 1 aliphatic heterocycles. The topological polar surface area (TPSA) is 89.2 Å². The minimum absolute atomic E-state index is 0.167. The molecule has 0 saturated carbocycles. The molecule has 1 aromatic heterocycles. The van der Waals surface area contributed by atoms with Crippen LogP contribution in [0.3, 0.4) is 0 Å². The fourth-order valence-electron chi connectivity index (χ4n) is 4.00. The van der Waals surface area contributed by atoms with Crippen molar-refractivity contribution in [1.82, 2.24) is 14.9 Å². The maximum absolute atomic E-state index is 14.7. The molecule has 0 aliphatic carbocycles. The zero-order chi connectivity index (χ0) is 25.4. The van der Waals surface area contributed by atoms with E-state index in [1.807, 2.05) is 0 Å². The molecule has 7 nitrogen and oxygen atoms in total. The van der Waals surface area contributed by atoms with Crippen molar-refractivity contribution in [2.75, 3.05) is 26.8 Å². The Morgan fingerprint density at radius 3 is 2.74 bits per heavy atom. The lowest BCUT2D eigenvalue weighted by Crippen LogP contribution is -2.26. The number of nitriles is 1. The average Bonchev–Trinajstić information content (AvgIpc) is 3.14. The van der Waals surface area contributed by atoms with E-state index < -0.39 is 5.83 Å². The van der Waals surface area contributed by atoms with Gasteiger partial charge in [0.05, 0.1) is 30.5 Å². The first kappa shape index (κ1) is 25.9. The van der Waals surface area contributed by atoms with Gasteiger partial charge in [-0.3, -0.25) is 9.36 Å². The van der Waals surface area contributed by atoms with Crippen LogP contribution in [0.2, 0.25) is 0 Å². The maximum atomic E-state index is 14.7. The first-order valence-electron chi connectivity index (χ1n) is 11.6. The Balaban J connectivity index is 2.10. The summed E-state index contributed by atoms with van der Waals surface area (Å²) in [6, 6.07) is 8.94. The van der Waals surface area contributed by atoms with Gasteiger partial charge in [0.15, 0.2) is 0 Å². The summed E-state index contributed by atoms with van der Waals surface area (Å²) in [6.45, 7) is 7.48. The second-order valence-electron chi connectivity index (χ2n) is 8.47. The number of hydrogen-bond acceptors (Lipinski definition) is 6. The molecule has 1 unspecified atom stereocenters. The molecule has 0 radical (unpaired) electrons.